The number of aromatic nitrogens is 1. The van der Waals surface area contributed by atoms with Crippen molar-refractivity contribution in [1.82, 2.24) is 9.88 Å². The van der Waals surface area contributed by atoms with E-state index >= 15 is 0 Å². The standard InChI is InChI=1S/C29H31FN4O3/c1-3-18(2)31-29(37)21-9-12-26(24(14-21)32-28(36)20-7-10-23(30)11-8-20)33-15-19-13-22(17-33)25-5-4-6-27(35)34(25)16-19/h4-12,14,18-19,22H,3,13,15-17H2,1-2H3,(H,31,37)(H,32,36). The first-order chi connectivity index (χ1) is 17.8. The molecule has 5 rings (SSSR count). The summed E-state index contributed by atoms with van der Waals surface area (Å²) < 4.78 is 15.3. The number of hydrogen-bond donors (Lipinski definition) is 2. The van der Waals surface area contributed by atoms with E-state index in [1.54, 1.807) is 18.2 Å². The molecule has 3 aromatic rings. The van der Waals surface area contributed by atoms with Crippen LogP contribution in [0.3, 0.4) is 0 Å². The molecule has 0 aliphatic carbocycles. The normalized spacial score (nSPS) is 19.1. The second kappa shape index (κ2) is 10.2. The van der Waals surface area contributed by atoms with Crippen LogP contribution >= 0.6 is 0 Å². The van der Waals surface area contributed by atoms with Gasteiger partial charge in [0.15, 0.2) is 0 Å². The summed E-state index contributed by atoms with van der Waals surface area (Å²) in [6, 6.07) is 16.2. The van der Waals surface area contributed by atoms with Gasteiger partial charge in [0.25, 0.3) is 17.4 Å². The van der Waals surface area contributed by atoms with Gasteiger partial charge in [0.2, 0.25) is 0 Å². The molecule has 37 heavy (non-hydrogen) atoms. The zero-order valence-corrected chi connectivity index (χ0v) is 21.0. The van der Waals surface area contributed by atoms with Gasteiger partial charge in [-0.15, -0.1) is 0 Å². The number of carbonyl (C=O) groups is 2. The van der Waals surface area contributed by atoms with Crippen molar-refractivity contribution in [2.24, 2.45) is 5.92 Å². The molecule has 2 aliphatic heterocycles. The molecule has 1 fully saturated rings. The van der Waals surface area contributed by atoms with Crippen LogP contribution in [0.25, 0.3) is 0 Å². The number of nitrogens with one attached hydrogen (secondary N) is 2. The molecule has 0 saturated carbocycles. The van der Waals surface area contributed by atoms with Crippen LogP contribution in [-0.2, 0) is 6.54 Å². The molecule has 2 N–H and O–H groups in total. The average Bonchev–Trinajstić information content (AvgIpc) is 2.89. The Labute approximate surface area is 215 Å². The van der Waals surface area contributed by atoms with E-state index in [2.05, 4.69) is 15.5 Å². The predicted octanol–water partition coefficient (Wildman–Crippen LogP) is 4.39. The number of amides is 2. The lowest BCUT2D eigenvalue weighted by Crippen LogP contribution is -2.47. The Kier molecular flexibility index (Phi) is 6.82. The first-order valence-electron chi connectivity index (χ1n) is 12.8. The third-order valence-corrected chi connectivity index (χ3v) is 7.42. The van der Waals surface area contributed by atoms with Crippen molar-refractivity contribution in [2.75, 3.05) is 23.3 Å². The molecule has 3 heterocycles. The zero-order valence-electron chi connectivity index (χ0n) is 21.0. The molecule has 0 radical (unpaired) electrons. The molecule has 1 saturated heterocycles. The molecule has 7 nitrogen and oxygen atoms in total. The Balaban J connectivity index is 1.47. The Hall–Kier alpha value is -3.94. The van der Waals surface area contributed by atoms with Crippen LogP contribution in [0.15, 0.2) is 65.5 Å². The van der Waals surface area contributed by atoms with E-state index in [-0.39, 0.29) is 29.3 Å². The van der Waals surface area contributed by atoms with Crippen molar-refractivity contribution in [3.05, 3.63) is 93.7 Å². The van der Waals surface area contributed by atoms with Crippen LogP contribution in [0.1, 0.15) is 59.0 Å². The zero-order chi connectivity index (χ0) is 26.1. The molecule has 192 valence electrons. The highest BCUT2D eigenvalue weighted by molar-refractivity contribution is 6.07. The van der Waals surface area contributed by atoms with Crippen LogP contribution < -0.4 is 21.1 Å². The maximum atomic E-state index is 13.4. The number of fused-ring (bicyclic) bond motifs is 4. The van der Waals surface area contributed by atoms with Crippen LogP contribution in [0.2, 0.25) is 0 Å². The van der Waals surface area contributed by atoms with Crippen LogP contribution in [0, 0.1) is 11.7 Å². The minimum Gasteiger partial charge on any atom is -0.369 e. The second-order valence-electron chi connectivity index (χ2n) is 10.1. The fourth-order valence-electron chi connectivity index (χ4n) is 5.35. The summed E-state index contributed by atoms with van der Waals surface area (Å²) >= 11 is 0. The summed E-state index contributed by atoms with van der Waals surface area (Å²) in [5.74, 6) is -0.521. The summed E-state index contributed by atoms with van der Waals surface area (Å²) in [5.41, 5.74) is 3.19. The van der Waals surface area contributed by atoms with Gasteiger partial charge in [-0.1, -0.05) is 13.0 Å². The number of halogens is 1. The summed E-state index contributed by atoms with van der Waals surface area (Å²) in [6.45, 7) is 6.03. The van der Waals surface area contributed by atoms with Crippen molar-refractivity contribution in [2.45, 2.75) is 45.2 Å². The summed E-state index contributed by atoms with van der Waals surface area (Å²) in [6.07, 6.45) is 1.81. The maximum absolute atomic E-state index is 13.4. The number of anilines is 2. The Morgan fingerprint density at radius 2 is 1.76 bits per heavy atom. The SMILES string of the molecule is CCC(C)NC(=O)c1ccc(N2CC3CC(C2)c2cccc(=O)n2C3)c(NC(=O)c2ccc(F)cc2)c1. The lowest BCUT2D eigenvalue weighted by Gasteiger charge is -2.44. The van der Waals surface area contributed by atoms with E-state index in [9.17, 15) is 18.8 Å². The van der Waals surface area contributed by atoms with Gasteiger partial charge in [0.05, 0.1) is 11.4 Å². The molecule has 3 unspecified atom stereocenters. The van der Waals surface area contributed by atoms with Crippen molar-refractivity contribution in [3.8, 4) is 0 Å². The lowest BCUT2D eigenvalue weighted by molar-refractivity contribution is 0.0938. The van der Waals surface area contributed by atoms with E-state index in [0.29, 0.717) is 35.8 Å². The molecule has 0 spiro atoms. The number of carbonyl (C=O) groups excluding carboxylic acids is 2. The molecular weight excluding hydrogens is 471 g/mol. The quantitative estimate of drug-likeness (QED) is 0.524. The monoisotopic (exact) mass is 502 g/mol. The Morgan fingerprint density at radius 1 is 1.00 bits per heavy atom. The Morgan fingerprint density at radius 3 is 2.51 bits per heavy atom. The van der Waals surface area contributed by atoms with Gasteiger partial charge < -0.3 is 20.1 Å². The highest BCUT2D eigenvalue weighted by atomic mass is 19.1. The van der Waals surface area contributed by atoms with Crippen molar-refractivity contribution < 1.29 is 14.0 Å². The smallest absolute Gasteiger partial charge is 0.255 e. The van der Waals surface area contributed by atoms with Gasteiger partial charge in [-0.2, -0.15) is 0 Å². The number of pyridine rings is 1. The summed E-state index contributed by atoms with van der Waals surface area (Å²) in [4.78, 5) is 40.6. The largest absolute Gasteiger partial charge is 0.369 e. The highest BCUT2D eigenvalue weighted by Gasteiger charge is 2.35. The fraction of sp³-hybridized carbons (Fsp3) is 0.345. The number of rotatable bonds is 6. The summed E-state index contributed by atoms with van der Waals surface area (Å²) in [5, 5.41) is 5.93. The van der Waals surface area contributed by atoms with Gasteiger partial charge >= 0.3 is 0 Å². The molecule has 2 aromatic carbocycles. The van der Waals surface area contributed by atoms with Crippen LogP contribution in [0.5, 0.6) is 0 Å². The molecule has 2 amide bonds. The van der Waals surface area contributed by atoms with Gasteiger partial charge in [-0.3, -0.25) is 14.4 Å². The van der Waals surface area contributed by atoms with E-state index in [1.807, 2.05) is 36.6 Å². The maximum Gasteiger partial charge on any atom is 0.255 e. The van der Waals surface area contributed by atoms with Gasteiger partial charge in [0, 0.05) is 54.5 Å². The first kappa shape index (κ1) is 24.7. The number of nitrogens with zero attached hydrogens (tertiary/aromatic N) is 2. The topological polar surface area (TPSA) is 83.4 Å². The van der Waals surface area contributed by atoms with E-state index in [0.717, 1.165) is 30.8 Å². The third-order valence-electron chi connectivity index (χ3n) is 7.42. The lowest BCUT2D eigenvalue weighted by atomic mass is 9.83. The number of hydrogen-bond acceptors (Lipinski definition) is 4. The van der Waals surface area contributed by atoms with Gasteiger partial charge in [-0.25, -0.2) is 4.39 Å². The van der Waals surface area contributed by atoms with E-state index in [1.165, 1.54) is 24.3 Å². The molecule has 1 aromatic heterocycles. The molecular formula is C29H31FN4O3. The van der Waals surface area contributed by atoms with E-state index in [4.69, 9.17) is 0 Å². The highest BCUT2D eigenvalue weighted by Crippen LogP contribution is 2.39. The predicted molar refractivity (Wildman–Crippen MR) is 142 cm³/mol. The van der Waals surface area contributed by atoms with Crippen molar-refractivity contribution in [3.63, 3.8) is 0 Å². The molecule has 3 atom stereocenters. The summed E-state index contributed by atoms with van der Waals surface area (Å²) in [7, 11) is 0. The minimum atomic E-state index is -0.416. The first-order valence-corrected chi connectivity index (χ1v) is 12.8. The van der Waals surface area contributed by atoms with E-state index < -0.39 is 5.82 Å². The molecule has 8 heteroatoms. The number of piperidine rings is 1. The van der Waals surface area contributed by atoms with Gasteiger partial charge in [0.1, 0.15) is 5.82 Å². The van der Waals surface area contributed by atoms with Crippen LogP contribution in [0.4, 0.5) is 15.8 Å². The average molecular weight is 503 g/mol. The van der Waals surface area contributed by atoms with Crippen molar-refractivity contribution in [1.29, 1.82) is 0 Å². The minimum absolute atomic E-state index is 0.0226. The second-order valence-corrected chi connectivity index (χ2v) is 10.1. The van der Waals surface area contributed by atoms with Crippen molar-refractivity contribution >= 4 is 23.2 Å². The Bertz CT molecular complexity index is 1380. The number of benzene rings is 2. The molecule has 2 aliphatic rings. The third kappa shape index (κ3) is 5.14. The van der Waals surface area contributed by atoms with Gasteiger partial charge in [-0.05, 0) is 74.2 Å². The fourth-order valence-corrected chi connectivity index (χ4v) is 5.35. The van der Waals surface area contributed by atoms with Crippen LogP contribution in [-0.4, -0.2) is 35.5 Å². The molecule has 2 bridgehead atoms.